The Morgan fingerprint density at radius 2 is 2.32 bits per heavy atom. The van der Waals surface area contributed by atoms with Gasteiger partial charge in [-0.25, -0.2) is 4.39 Å². The Hall–Kier alpha value is -1.07. The van der Waals surface area contributed by atoms with Crippen LogP contribution < -0.4 is 10.6 Å². The molecule has 1 unspecified atom stereocenters. The van der Waals surface area contributed by atoms with Gasteiger partial charge in [0.1, 0.15) is 5.82 Å². The van der Waals surface area contributed by atoms with Crippen LogP contribution in [0.5, 0.6) is 0 Å². The van der Waals surface area contributed by atoms with Crippen LogP contribution in [0.1, 0.15) is 19.3 Å². The van der Waals surface area contributed by atoms with Crippen LogP contribution in [-0.4, -0.2) is 30.0 Å². The van der Waals surface area contributed by atoms with Crippen LogP contribution in [0.2, 0.25) is 0 Å². The Morgan fingerprint density at radius 1 is 1.42 bits per heavy atom. The molecule has 0 spiro atoms. The summed E-state index contributed by atoms with van der Waals surface area (Å²) in [5.74, 6) is 0.748. The topological polar surface area (TPSA) is 41.1 Å². The quantitative estimate of drug-likeness (QED) is 0.872. The highest BCUT2D eigenvalue weighted by Crippen LogP contribution is 2.24. The number of rotatable bonds is 5. The molecule has 104 valence electrons. The standard InChI is InChI=1S/C14H19FN2OS/c15-11-4-3-5-12(8-11)17-14(18)10-16-9-13-6-1-2-7-19-13/h3-5,8,13,16H,1-2,6-7,9-10H2,(H,17,18). The minimum absolute atomic E-state index is 0.133. The number of hydrogen-bond acceptors (Lipinski definition) is 3. The Morgan fingerprint density at radius 3 is 3.05 bits per heavy atom. The highest BCUT2D eigenvalue weighted by molar-refractivity contribution is 7.99. The number of thioether (sulfide) groups is 1. The number of halogens is 1. The molecule has 1 amide bonds. The number of anilines is 1. The van der Waals surface area contributed by atoms with Gasteiger partial charge in [0.15, 0.2) is 0 Å². The molecular weight excluding hydrogens is 263 g/mol. The van der Waals surface area contributed by atoms with Gasteiger partial charge in [-0.1, -0.05) is 12.5 Å². The van der Waals surface area contributed by atoms with Crippen molar-refractivity contribution >= 4 is 23.4 Å². The van der Waals surface area contributed by atoms with E-state index < -0.39 is 0 Å². The molecule has 1 aromatic carbocycles. The first-order valence-electron chi connectivity index (χ1n) is 6.62. The lowest BCUT2D eigenvalue weighted by Crippen LogP contribution is -2.33. The molecule has 0 bridgehead atoms. The Balaban J connectivity index is 1.67. The van der Waals surface area contributed by atoms with Gasteiger partial charge in [0, 0.05) is 17.5 Å². The molecule has 2 rings (SSSR count). The summed E-state index contributed by atoms with van der Waals surface area (Å²) in [6, 6.07) is 5.93. The van der Waals surface area contributed by atoms with E-state index in [0.717, 1.165) is 6.54 Å². The highest BCUT2D eigenvalue weighted by Gasteiger charge is 2.13. The maximum Gasteiger partial charge on any atom is 0.238 e. The fourth-order valence-electron chi connectivity index (χ4n) is 2.09. The number of amides is 1. The third-order valence-corrected chi connectivity index (χ3v) is 4.44. The summed E-state index contributed by atoms with van der Waals surface area (Å²) >= 11 is 1.98. The van der Waals surface area contributed by atoms with Gasteiger partial charge < -0.3 is 10.6 Å². The SMILES string of the molecule is O=C(CNCC1CCCCS1)Nc1cccc(F)c1. The monoisotopic (exact) mass is 282 g/mol. The number of benzene rings is 1. The molecule has 1 saturated heterocycles. The van der Waals surface area contributed by atoms with Crippen molar-refractivity contribution in [1.29, 1.82) is 0 Å². The van der Waals surface area contributed by atoms with E-state index in [0.29, 0.717) is 10.9 Å². The summed E-state index contributed by atoms with van der Waals surface area (Å²) in [6.07, 6.45) is 3.82. The summed E-state index contributed by atoms with van der Waals surface area (Å²) in [5, 5.41) is 6.46. The Bertz CT molecular complexity index is 422. The maximum absolute atomic E-state index is 12.9. The van der Waals surface area contributed by atoms with Crippen LogP contribution in [0.25, 0.3) is 0 Å². The number of carbonyl (C=O) groups is 1. The van der Waals surface area contributed by atoms with Gasteiger partial charge >= 0.3 is 0 Å². The average Bonchev–Trinajstić information content (AvgIpc) is 2.40. The van der Waals surface area contributed by atoms with Gasteiger partial charge in [-0.15, -0.1) is 0 Å². The first kappa shape index (κ1) is 14.3. The largest absolute Gasteiger partial charge is 0.325 e. The lowest BCUT2D eigenvalue weighted by Gasteiger charge is -2.21. The van der Waals surface area contributed by atoms with Gasteiger partial charge in [-0.05, 0) is 36.8 Å². The van der Waals surface area contributed by atoms with E-state index >= 15 is 0 Å². The lowest BCUT2D eigenvalue weighted by molar-refractivity contribution is -0.115. The zero-order valence-corrected chi connectivity index (χ0v) is 11.6. The third-order valence-electron chi connectivity index (χ3n) is 3.04. The van der Waals surface area contributed by atoms with Gasteiger partial charge in [0.25, 0.3) is 0 Å². The zero-order valence-electron chi connectivity index (χ0n) is 10.8. The molecule has 0 aliphatic carbocycles. The van der Waals surface area contributed by atoms with Crippen LogP contribution >= 0.6 is 11.8 Å². The molecule has 0 radical (unpaired) electrons. The smallest absolute Gasteiger partial charge is 0.238 e. The zero-order chi connectivity index (χ0) is 13.5. The summed E-state index contributed by atoms with van der Waals surface area (Å²) in [4.78, 5) is 11.7. The van der Waals surface area contributed by atoms with Crippen LogP contribution in [-0.2, 0) is 4.79 Å². The van der Waals surface area contributed by atoms with Crippen molar-refractivity contribution in [2.24, 2.45) is 0 Å². The van der Waals surface area contributed by atoms with Gasteiger partial charge in [0.05, 0.1) is 6.54 Å². The summed E-state index contributed by atoms with van der Waals surface area (Å²) < 4.78 is 12.9. The lowest BCUT2D eigenvalue weighted by atomic mass is 10.2. The Kier molecular flexibility index (Phi) is 5.66. The fraction of sp³-hybridized carbons (Fsp3) is 0.500. The average molecular weight is 282 g/mol. The van der Waals surface area contributed by atoms with E-state index in [-0.39, 0.29) is 18.3 Å². The molecule has 2 N–H and O–H groups in total. The first-order chi connectivity index (χ1) is 9.24. The van der Waals surface area contributed by atoms with Crippen LogP contribution in [0.4, 0.5) is 10.1 Å². The van der Waals surface area contributed by atoms with Crippen molar-refractivity contribution in [3.8, 4) is 0 Å². The van der Waals surface area contributed by atoms with Gasteiger partial charge in [-0.3, -0.25) is 4.79 Å². The molecule has 5 heteroatoms. The number of nitrogens with one attached hydrogen (secondary N) is 2. The van der Waals surface area contributed by atoms with E-state index in [1.807, 2.05) is 11.8 Å². The molecule has 19 heavy (non-hydrogen) atoms. The predicted octanol–water partition coefficient (Wildman–Crippen LogP) is 2.64. The number of carbonyl (C=O) groups excluding carboxylic acids is 1. The van der Waals surface area contributed by atoms with E-state index in [2.05, 4.69) is 10.6 Å². The number of hydrogen-bond donors (Lipinski definition) is 2. The van der Waals surface area contributed by atoms with E-state index in [1.54, 1.807) is 12.1 Å². The summed E-state index contributed by atoms with van der Waals surface area (Å²) in [7, 11) is 0. The van der Waals surface area contributed by atoms with E-state index in [1.165, 1.54) is 37.1 Å². The molecule has 1 atom stereocenters. The third kappa shape index (κ3) is 5.20. The Labute approximate surface area is 117 Å². The molecule has 1 fully saturated rings. The molecule has 1 aliphatic heterocycles. The molecule has 1 heterocycles. The molecule has 3 nitrogen and oxygen atoms in total. The van der Waals surface area contributed by atoms with Gasteiger partial charge in [-0.2, -0.15) is 11.8 Å². The second-order valence-electron chi connectivity index (χ2n) is 4.68. The maximum atomic E-state index is 12.9. The normalized spacial score (nSPS) is 19.1. The van der Waals surface area contributed by atoms with Crippen LogP contribution in [0.15, 0.2) is 24.3 Å². The van der Waals surface area contributed by atoms with Gasteiger partial charge in [0.2, 0.25) is 5.91 Å². The first-order valence-corrected chi connectivity index (χ1v) is 7.66. The fourth-order valence-corrected chi connectivity index (χ4v) is 3.36. The second-order valence-corrected chi connectivity index (χ2v) is 6.09. The van der Waals surface area contributed by atoms with E-state index in [9.17, 15) is 9.18 Å². The minimum atomic E-state index is -0.343. The van der Waals surface area contributed by atoms with Crippen LogP contribution in [0, 0.1) is 5.82 Å². The van der Waals surface area contributed by atoms with Crippen molar-refractivity contribution in [2.75, 3.05) is 24.2 Å². The summed E-state index contributed by atoms with van der Waals surface area (Å²) in [6.45, 7) is 1.13. The molecule has 0 aromatic heterocycles. The minimum Gasteiger partial charge on any atom is -0.325 e. The predicted molar refractivity (Wildman–Crippen MR) is 78.0 cm³/mol. The van der Waals surface area contributed by atoms with Crippen molar-refractivity contribution in [3.63, 3.8) is 0 Å². The molecule has 0 saturated carbocycles. The van der Waals surface area contributed by atoms with Crippen LogP contribution in [0.3, 0.4) is 0 Å². The molecule has 1 aromatic rings. The van der Waals surface area contributed by atoms with Crippen molar-refractivity contribution in [2.45, 2.75) is 24.5 Å². The highest BCUT2D eigenvalue weighted by atomic mass is 32.2. The van der Waals surface area contributed by atoms with E-state index in [4.69, 9.17) is 0 Å². The summed E-state index contributed by atoms with van der Waals surface area (Å²) in [5.41, 5.74) is 0.499. The molecule has 1 aliphatic rings. The van der Waals surface area contributed by atoms with Crippen molar-refractivity contribution < 1.29 is 9.18 Å². The van der Waals surface area contributed by atoms with Crippen molar-refractivity contribution in [3.05, 3.63) is 30.1 Å². The molecular formula is C14H19FN2OS. The van der Waals surface area contributed by atoms with Crippen molar-refractivity contribution in [1.82, 2.24) is 5.32 Å². The second kappa shape index (κ2) is 7.50.